The van der Waals surface area contributed by atoms with Crippen LogP contribution in [0.1, 0.15) is 6.42 Å². The lowest BCUT2D eigenvalue weighted by atomic mass is 10.2. The Bertz CT molecular complexity index is 327. The molecule has 1 heterocycles. The van der Waals surface area contributed by atoms with Crippen molar-refractivity contribution >= 4 is 5.69 Å². The summed E-state index contributed by atoms with van der Waals surface area (Å²) < 4.78 is 18.6. The minimum absolute atomic E-state index is 0.199. The van der Waals surface area contributed by atoms with Gasteiger partial charge in [0.1, 0.15) is 5.82 Å². The zero-order valence-electron chi connectivity index (χ0n) is 9.21. The average molecular weight is 224 g/mol. The fourth-order valence-corrected chi connectivity index (χ4v) is 1.79. The zero-order valence-corrected chi connectivity index (χ0v) is 9.21. The van der Waals surface area contributed by atoms with Crippen LogP contribution in [0.5, 0.6) is 0 Å². The maximum absolute atomic E-state index is 13.3. The Labute approximate surface area is 95.0 Å². The highest BCUT2D eigenvalue weighted by atomic mass is 19.1. The van der Waals surface area contributed by atoms with Crippen molar-refractivity contribution in [1.82, 2.24) is 5.32 Å². The first kappa shape index (κ1) is 11.4. The highest BCUT2D eigenvalue weighted by Gasteiger charge is 2.12. The summed E-state index contributed by atoms with van der Waals surface area (Å²) in [6.07, 6.45) is 0.939. The maximum atomic E-state index is 13.3. The van der Waals surface area contributed by atoms with Crippen LogP contribution in [-0.4, -0.2) is 32.3 Å². The highest BCUT2D eigenvalue weighted by molar-refractivity contribution is 5.44. The summed E-state index contributed by atoms with van der Waals surface area (Å²) in [7, 11) is 0. The molecular weight excluding hydrogens is 207 g/mol. The first-order valence-corrected chi connectivity index (χ1v) is 5.66. The number of para-hydroxylation sites is 1. The lowest BCUT2D eigenvalue weighted by molar-refractivity contribution is 0.0753. The van der Waals surface area contributed by atoms with E-state index in [1.54, 1.807) is 12.1 Å². The van der Waals surface area contributed by atoms with Gasteiger partial charge in [0.15, 0.2) is 0 Å². The van der Waals surface area contributed by atoms with Gasteiger partial charge < -0.3 is 15.4 Å². The van der Waals surface area contributed by atoms with Gasteiger partial charge in [-0.2, -0.15) is 0 Å². The van der Waals surface area contributed by atoms with Crippen LogP contribution in [-0.2, 0) is 4.74 Å². The molecule has 2 rings (SSSR count). The zero-order chi connectivity index (χ0) is 11.2. The second-order valence-corrected chi connectivity index (χ2v) is 3.92. The van der Waals surface area contributed by atoms with Gasteiger partial charge in [-0.3, -0.25) is 0 Å². The fourth-order valence-electron chi connectivity index (χ4n) is 1.79. The molecule has 1 fully saturated rings. The number of nitrogens with one attached hydrogen (secondary N) is 2. The van der Waals surface area contributed by atoms with Crippen molar-refractivity contribution in [2.24, 2.45) is 0 Å². The van der Waals surface area contributed by atoms with Gasteiger partial charge in [0, 0.05) is 19.1 Å². The molecule has 0 aromatic heterocycles. The Morgan fingerprint density at radius 3 is 3.06 bits per heavy atom. The monoisotopic (exact) mass is 224 g/mol. The average Bonchev–Trinajstić information content (AvgIpc) is 2.33. The van der Waals surface area contributed by atoms with Crippen molar-refractivity contribution in [3.8, 4) is 0 Å². The quantitative estimate of drug-likeness (QED) is 0.815. The lowest BCUT2D eigenvalue weighted by Crippen LogP contribution is -2.42. The summed E-state index contributed by atoms with van der Waals surface area (Å²) in [6.45, 7) is 3.20. The van der Waals surface area contributed by atoms with E-state index in [9.17, 15) is 4.39 Å². The fraction of sp³-hybridized carbons (Fsp3) is 0.500. The SMILES string of the molecule is Fc1ccccc1NCCC1COCCN1. The Kier molecular flexibility index (Phi) is 4.13. The van der Waals surface area contributed by atoms with E-state index in [0.29, 0.717) is 11.7 Å². The minimum atomic E-state index is -0.199. The molecule has 1 aromatic rings. The first-order chi connectivity index (χ1) is 7.86. The van der Waals surface area contributed by atoms with E-state index in [0.717, 1.165) is 32.7 Å². The summed E-state index contributed by atoms with van der Waals surface area (Å²) in [5.41, 5.74) is 0.569. The predicted octanol–water partition coefficient (Wildman–Crippen LogP) is 1.62. The molecule has 0 amide bonds. The van der Waals surface area contributed by atoms with Crippen LogP contribution in [0.15, 0.2) is 24.3 Å². The molecule has 0 radical (unpaired) electrons. The van der Waals surface area contributed by atoms with Gasteiger partial charge in [-0.1, -0.05) is 12.1 Å². The van der Waals surface area contributed by atoms with E-state index < -0.39 is 0 Å². The molecule has 1 aliphatic heterocycles. The number of hydrogen-bond acceptors (Lipinski definition) is 3. The molecule has 0 aliphatic carbocycles. The number of ether oxygens (including phenoxy) is 1. The molecule has 1 unspecified atom stereocenters. The molecule has 1 atom stereocenters. The van der Waals surface area contributed by atoms with Crippen molar-refractivity contribution in [1.29, 1.82) is 0 Å². The van der Waals surface area contributed by atoms with E-state index in [4.69, 9.17) is 4.74 Å². The Balaban J connectivity index is 1.73. The predicted molar refractivity (Wildman–Crippen MR) is 62.1 cm³/mol. The third-order valence-electron chi connectivity index (χ3n) is 2.68. The van der Waals surface area contributed by atoms with E-state index in [-0.39, 0.29) is 5.82 Å². The molecule has 0 saturated carbocycles. The van der Waals surface area contributed by atoms with E-state index in [2.05, 4.69) is 10.6 Å². The van der Waals surface area contributed by atoms with Gasteiger partial charge >= 0.3 is 0 Å². The Morgan fingerprint density at radius 2 is 2.31 bits per heavy atom. The lowest BCUT2D eigenvalue weighted by Gasteiger charge is -2.23. The van der Waals surface area contributed by atoms with Gasteiger partial charge in [0.2, 0.25) is 0 Å². The number of anilines is 1. The van der Waals surface area contributed by atoms with Crippen LogP contribution >= 0.6 is 0 Å². The standard InChI is InChI=1S/C12H17FN2O/c13-11-3-1-2-4-12(11)15-6-5-10-9-16-8-7-14-10/h1-4,10,14-15H,5-9H2. The molecule has 2 N–H and O–H groups in total. The smallest absolute Gasteiger partial charge is 0.146 e. The van der Waals surface area contributed by atoms with E-state index >= 15 is 0 Å². The van der Waals surface area contributed by atoms with E-state index in [1.807, 2.05) is 6.07 Å². The maximum Gasteiger partial charge on any atom is 0.146 e. The van der Waals surface area contributed by atoms with Crippen LogP contribution in [0, 0.1) is 5.82 Å². The van der Waals surface area contributed by atoms with Gasteiger partial charge in [0.25, 0.3) is 0 Å². The van der Waals surface area contributed by atoms with Crippen molar-refractivity contribution in [3.63, 3.8) is 0 Å². The normalized spacial score (nSPS) is 20.7. The number of morpholine rings is 1. The molecule has 1 aromatic carbocycles. The summed E-state index contributed by atoms with van der Waals surface area (Å²) in [6, 6.07) is 7.11. The Hall–Kier alpha value is -1.13. The topological polar surface area (TPSA) is 33.3 Å². The number of hydrogen-bond donors (Lipinski definition) is 2. The number of rotatable bonds is 4. The summed E-state index contributed by atoms with van der Waals surface area (Å²) in [4.78, 5) is 0. The van der Waals surface area contributed by atoms with Crippen LogP contribution in [0.3, 0.4) is 0 Å². The van der Waals surface area contributed by atoms with Crippen LogP contribution in [0.4, 0.5) is 10.1 Å². The summed E-state index contributed by atoms with van der Waals surface area (Å²) >= 11 is 0. The molecular formula is C12H17FN2O. The van der Waals surface area contributed by atoms with Crippen molar-refractivity contribution in [2.45, 2.75) is 12.5 Å². The molecule has 3 nitrogen and oxygen atoms in total. The van der Waals surface area contributed by atoms with E-state index in [1.165, 1.54) is 6.07 Å². The molecule has 4 heteroatoms. The van der Waals surface area contributed by atoms with Crippen LogP contribution in [0.25, 0.3) is 0 Å². The third kappa shape index (κ3) is 3.18. The number of halogens is 1. The highest BCUT2D eigenvalue weighted by Crippen LogP contribution is 2.12. The van der Waals surface area contributed by atoms with Crippen molar-refractivity contribution in [2.75, 3.05) is 31.6 Å². The molecule has 0 bridgehead atoms. The largest absolute Gasteiger partial charge is 0.383 e. The van der Waals surface area contributed by atoms with Gasteiger partial charge in [-0.15, -0.1) is 0 Å². The molecule has 0 spiro atoms. The van der Waals surface area contributed by atoms with Crippen molar-refractivity contribution in [3.05, 3.63) is 30.1 Å². The van der Waals surface area contributed by atoms with Crippen LogP contribution < -0.4 is 10.6 Å². The molecule has 16 heavy (non-hydrogen) atoms. The Morgan fingerprint density at radius 1 is 1.44 bits per heavy atom. The van der Waals surface area contributed by atoms with Crippen molar-refractivity contribution < 1.29 is 9.13 Å². The molecule has 1 aliphatic rings. The van der Waals surface area contributed by atoms with Gasteiger partial charge in [-0.05, 0) is 18.6 Å². The molecule has 1 saturated heterocycles. The second kappa shape index (κ2) is 5.82. The van der Waals surface area contributed by atoms with Gasteiger partial charge in [-0.25, -0.2) is 4.39 Å². The van der Waals surface area contributed by atoms with Crippen LogP contribution in [0.2, 0.25) is 0 Å². The molecule has 88 valence electrons. The summed E-state index contributed by atoms with van der Waals surface area (Å²) in [5, 5.41) is 6.45. The number of benzene rings is 1. The van der Waals surface area contributed by atoms with Gasteiger partial charge in [0.05, 0.1) is 18.9 Å². The summed E-state index contributed by atoms with van der Waals surface area (Å²) in [5.74, 6) is -0.199. The minimum Gasteiger partial charge on any atom is -0.383 e. The first-order valence-electron chi connectivity index (χ1n) is 5.66. The second-order valence-electron chi connectivity index (χ2n) is 3.92. The third-order valence-corrected chi connectivity index (χ3v) is 2.68.